The van der Waals surface area contributed by atoms with Crippen molar-refractivity contribution < 1.29 is 4.79 Å². The van der Waals surface area contributed by atoms with Crippen LogP contribution in [0.15, 0.2) is 45.8 Å². The highest BCUT2D eigenvalue weighted by Gasteiger charge is 2.08. The molecule has 0 bridgehead atoms. The zero-order chi connectivity index (χ0) is 14.7. The van der Waals surface area contributed by atoms with E-state index >= 15 is 0 Å². The molecule has 0 saturated heterocycles. The first-order chi connectivity index (χ1) is 10.2. The molecule has 1 aromatic carbocycles. The number of carbonyl (C=O) groups excluding carboxylic acids is 1. The molecule has 0 aliphatic carbocycles. The van der Waals surface area contributed by atoms with Gasteiger partial charge in [0.2, 0.25) is 5.91 Å². The molecule has 2 aromatic heterocycles. The van der Waals surface area contributed by atoms with Gasteiger partial charge in [0, 0.05) is 11.6 Å². The van der Waals surface area contributed by atoms with Crippen LogP contribution in [0.25, 0.3) is 10.9 Å². The monoisotopic (exact) mass is 318 g/mol. The van der Waals surface area contributed by atoms with Crippen LogP contribution in [-0.2, 0) is 4.79 Å². The second-order valence-electron chi connectivity index (χ2n) is 4.06. The molecule has 2 heterocycles. The van der Waals surface area contributed by atoms with Crippen LogP contribution in [0.5, 0.6) is 0 Å². The molecule has 3 aromatic rings. The Labute approximate surface area is 127 Å². The topological polar surface area (TPSA) is 87.7 Å². The fraction of sp³-hybridized carbons (Fsp3) is 0.0769. The lowest BCUT2D eigenvalue weighted by Crippen LogP contribution is -2.15. The lowest BCUT2D eigenvalue weighted by atomic mass is 10.2. The number of benzene rings is 1. The highest BCUT2D eigenvalue weighted by Crippen LogP contribution is 2.16. The SMILES string of the molecule is O=C(CSc1nc2ccccc2c(=O)[nH]1)Nc1nccs1. The molecule has 0 aliphatic rings. The average Bonchev–Trinajstić information content (AvgIpc) is 2.98. The van der Waals surface area contributed by atoms with Gasteiger partial charge in [0.25, 0.3) is 5.56 Å². The molecule has 0 saturated carbocycles. The minimum absolute atomic E-state index is 0.154. The van der Waals surface area contributed by atoms with E-state index in [9.17, 15) is 9.59 Å². The number of aromatic nitrogens is 3. The van der Waals surface area contributed by atoms with Gasteiger partial charge >= 0.3 is 0 Å². The van der Waals surface area contributed by atoms with Gasteiger partial charge in [0.15, 0.2) is 10.3 Å². The normalized spacial score (nSPS) is 10.7. The molecule has 3 rings (SSSR count). The first-order valence-corrected chi connectivity index (χ1v) is 7.90. The summed E-state index contributed by atoms with van der Waals surface area (Å²) in [5, 5.41) is 5.97. The van der Waals surface area contributed by atoms with Crippen molar-refractivity contribution in [2.45, 2.75) is 5.16 Å². The Bertz CT molecular complexity index is 830. The van der Waals surface area contributed by atoms with Crippen LogP contribution in [-0.4, -0.2) is 26.6 Å². The number of para-hydroxylation sites is 1. The second kappa shape index (κ2) is 6.06. The Morgan fingerprint density at radius 2 is 2.24 bits per heavy atom. The van der Waals surface area contributed by atoms with Crippen molar-refractivity contribution in [3.05, 3.63) is 46.2 Å². The number of hydrogen-bond acceptors (Lipinski definition) is 6. The number of carbonyl (C=O) groups is 1. The van der Waals surface area contributed by atoms with Crippen molar-refractivity contribution in [2.24, 2.45) is 0 Å². The number of aromatic amines is 1. The molecule has 8 heteroatoms. The molecule has 1 amide bonds. The number of anilines is 1. The van der Waals surface area contributed by atoms with Gasteiger partial charge in [-0.05, 0) is 12.1 Å². The summed E-state index contributed by atoms with van der Waals surface area (Å²) in [7, 11) is 0. The van der Waals surface area contributed by atoms with E-state index in [-0.39, 0.29) is 17.2 Å². The predicted octanol–water partition coefficient (Wildman–Crippen LogP) is 2.11. The molecule has 0 aliphatic heterocycles. The lowest BCUT2D eigenvalue weighted by molar-refractivity contribution is -0.113. The summed E-state index contributed by atoms with van der Waals surface area (Å²) < 4.78 is 0. The highest BCUT2D eigenvalue weighted by molar-refractivity contribution is 7.99. The van der Waals surface area contributed by atoms with Crippen LogP contribution >= 0.6 is 23.1 Å². The maximum atomic E-state index is 11.9. The fourth-order valence-electron chi connectivity index (χ4n) is 1.71. The summed E-state index contributed by atoms with van der Waals surface area (Å²) in [6.45, 7) is 0. The van der Waals surface area contributed by atoms with E-state index in [2.05, 4.69) is 20.3 Å². The van der Waals surface area contributed by atoms with Crippen molar-refractivity contribution in [3.8, 4) is 0 Å². The van der Waals surface area contributed by atoms with Gasteiger partial charge in [-0.1, -0.05) is 23.9 Å². The number of nitrogens with one attached hydrogen (secondary N) is 2. The third-order valence-corrected chi connectivity index (χ3v) is 4.17. The van der Waals surface area contributed by atoms with Gasteiger partial charge in [-0.3, -0.25) is 9.59 Å². The number of hydrogen-bond donors (Lipinski definition) is 2. The summed E-state index contributed by atoms with van der Waals surface area (Å²) in [4.78, 5) is 34.6. The average molecular weight is 318 g/mol. The van der Waals surface area contributed by atoms with Crippen LogP contribution in [0.2, 0.25) is 0 Å². The first-order valence-electron chi connectivity index (χ1n) is 6.03. The maximum Gasteiger partial charge on any atom is 0.259 e. The van der Waals surface area contributed by atoms with Crippen LogP contribution < -0.4 is 10.9 Å². The highest BCUT2D eigenvalue weighted by atomic mass is 32.2. The molecule has 0 unspecified atom stereocenters. The van der Waals surface area contributed by atoms with Crippen LogP contribution in [0.1, 0.15) is 0 Å². The van der Waals surface area contributed by atoms with E-state index in [0.29, 0.717) is 21.2 Å². The summed E-state index contributed by atoms with van der Waals surface area (Å²) in [6, 6.07) is 7.08. The summed E-state index contributed by atoms with van der Waals surface area (Å²) in [5.41, 5.74) is 0.410. The van der Waals surface area contributed by atoms with Crippen LogP contribution in [0.3, 0.4) is 0 Å². The standard InChI is InChI=1S/C13H10N4O2S2/c18-10(16-12-14-5-6-20-12)7-21-13-15-9-4-2-1-3-8(9)11(19)17-13/h1-6H,7H2,(H,14,16,18)(H,15,17,19). The maximum absolute atomic E-state index is 11.9. The van der Waals surface area contributed by atoms with Crippen molar-refractivity contribution in [1.82, 2.24) is 15.0 Å². The fourth-order valence-corrected chi connectivity index (χ4v) is 2.92. The number of H-pyrrole nitrogens is 1. The minimum atomic E-state index is -0.205. The van der Waals surface area contributed by atoms with E-state index in [1.54, 1.807) is 29.8 Å². The van der Waals surface area contributed by atoms with Crippen LogP contribution in [0, 0.1) is 0 Å². The molecular weight excluding hydrogens is 308 g/mol. The van der Waals surface area contributed by atoms with E-state index in [1.807, 2.05) is 6.07 Å². The number of rotatable bonds is 4. The molecule has 6 nitrogen and oxygen atoms in total. The number of nitrogens with zero attached hydrogens (tertiary/aromatic N) is 2. The third-order valence-electron chi connectivity index (χ3n) is 2.61. The Morgan fingerprint density at radius 1 is 1.38 bits per heavy atom. The number of amides is 1. The molecule has 106 valence electrons. The second-order valence-corrected chi connectivity index (χ2v) is 5.92. The quantitative estimate of drug-likeness (QED) is 0.568. The van der Waals surface area contributed by atoms with Gasteiger partial charge in [0.05, 0.1) is 16.7 Å². The van der Waals surface area contributed by atoms with Crippen molar-refractivity contribution in [3.63, 3.8) is 0 Å². The minimum Gasteiger partial charge on any atom is -0.301 e. The number of fused-ring (bicyclic) bond motifs is 1. The van der Waals surface area contributed by atoms with Gasteiger partial charge < -0.3 is 10.3 Å². The molecule has 21 heavy (non-hydrogen) atoms. The summed E-state index contributed by atoms with van der Waals surface area (Å²) in [6.07, 6.45) is 1.62. The van der Waals surface area contributed by atoms with E-state index < -0.39 is 0 Å². The van der Waals surface area contributed by atoms with E-state index in [0.717, 1.165) is 0 Å². The molecule has 0 fully saturated rings. The van der Waals surface area contributed by atoms with Gasteiger partial charge in [-0.2, -0.15) is 0 Å². The molecular formula is C13H10N4O2S2. The van der Waals surface area contributed by atoms with E-state index in [4.69, 9.17) is 0 Å². The Morgan fingerprint density at radius 3 is 3.05 bits per heavy atom. The van der Waals surface area contributed by atoms with Crippen molar-refractivity contribution in [2.75, 3.05) is 11.1 Å². The molecule has 0 spiro atoms. The van der Waals surface area contributed by atoms with E-state index in [1.165, 1.54) is 23.1 Å². The van der Waals surface area contributed by atoms with Crippen molar-refractivity contribution in [1.29, 1.82) is 0 Å². The zero-order valence-electron chi connectivity index (χ0n) is 10.7. The summed E-state index contributed by atoms with van der Waals surface area (Å²) in [5.74, 6) is -0.0355. The van der Waals surface area contributed by atoms with Gasteiger partial charge in [0.1, 0.15) is 0 Å². The molecule has 0 atom stereocenters. The smallest absolute Gasteiger partial charge is 0.259 e. The Balaban J connectivity index is 1.70. The third kappa shape index (κ3) is 3.29. The molecule has 0 radical (unpaired) electrons. The van der Waals surface area contributed by atoms with Crippen molar-refractivity contribution >= 4 is 45.0 Å². The van der Waals surface area contributed by atoms with Gasteiger partial charge in [-0.15, -0.1) is 11.3 Å². The number of thiazole rings is 1. The van der Waals surface area contributed by atoms with Gasteiger partial charge in [-0.25, -0.2) is 9.97 Å². The predicted molar refractivity (Wildman–Crippen MR) is 83.8 cm³/mol. The first kappa shape index (κ1) is 13.8. The molecule has 2 N–H and O–H groups in total. The summed E-state index contributed by atoms with van der Waals surface area (Å²) >= 11 is 2.53. The number of thioether (sulfide) groups is 1. The largest absolute Gasteiger partial charge is 0.301 e. The zero-order valence-corrected chi connectivity index (χ0v) is 12.3. The lowest BCUT2D eigenvalue weighted by Gasteiger charge is -2.03. The Kier molecular flexibility index (Phi) is 3.98. The Hall–Kier alpha value is -2.19. The van der Waals surface area contributed by atoms with Crippen LogP contribution in [0.4, 0.5) is 5.13 Å².